The molecule has 216 valence electrons. The smallest absolute Gasteiger partial charge is 0.266 e. The van der Waals surface area contributed by atoms with Gasteiger partial charge in [0.25, 0.3) is 5.96 Å². The monoisotopic (exact) mass is 560 g/mol. The maximum absolute atomic E-state index is 13.7. The van der Waals surface area contributed by atoms with Crippen molar-refractivity contribution >= 4 is 17.8 Å². The van der Waals surface area contributed by atoms with Crippen LogP contribution in [-0.4, -0.2) is 47.1 Å². The van der Waals surface area contributed by atoms with Crippen molar-refractivity contribution in [3.05, 3.63) is 117 Å². The second-order valence-electron chi connectivity index (χ2n) is 9.47. The molecule has 11 nitrogen and oxygen atoms in total. The molecule has 6 N–H and O–H groups in total. The molecule has 0 saturated heterocycles. The fourth-order valence-corrected chi connectivity index (χ4v) is 4.38. The highest BCUT2D eigenvalue weighted by atomic mass is 16.7. The summed E-state index contributed by atoms with van der Waals surface area (Å²) in [6, 6.07) is 25.6. The molecule has 0 aromatic heterocycles. The largest absolute Gasteiger partial charge is 0.396 e. The van der Waals surface area contributed by atoms with E-state index in [1.165, 1.54) is 0 Å². The zero-order valence-electron chi connectivity index (χ0n) is 22.7. The predicted molar refractivity (Wildman–Crippen MR) is 156 cm³/mol. The maximum Gasteiger partial charge on any atom is 0.266 e. The highest BCUT2D eigenvalue weighted by Crippen LogP contribution is 2.25. The first-order chi connectivity index (χ1) is 19.9. The van der Waals surface area contributed by atoms with Crippen LogP contribution in [0.4, 0.5) is 0 Å². The number of nitrogens with zero attached hydrogens (tertiary/aromatic N) is 2. The molecule has 1 atom stereocenters. The molecule has 2 amide bonds. The molecule has 0 heterocycles. The first kappa shape index (κ1) is 30.8. The molecule has 11 heteroatoms. The van der Waals surface area contributed by atoms with Gasteiger partial charge < -0.3 is 26.8 Å². The van der Waals surface area contributed by atoms with Gasteiger partial charge in [-0.05, 0) is 47.9 Å². The van der Waals surface area contributed by atoms with Gasteiger partial charge in [-0.2, -0.15) is 0 Å². The van der Waals surface area contributed by atoms with Gasteiger partial charge in [0.15, 0.2) is 5.03 Å². The number of aliphatic hydroxyl groups is 1. The number of aliphatic hydroxyl groups excluding tert-OH is 1. The van der Waals surface area contributed by atoms with Crippen molar-refractivity contribution in [1.29, 1.82) is 0 Å². The van der Waals surface area contributed by atoms with E-state index in [0.717, 1.165) is 28.7 Å². The Morgan fingerprint density at radius 3 is 2.00 bits per heavy atom. The van der Waals surface area contributed by atoms with Gasteiger partial charge in [0.2, 0.25) is 11.8 Å². The Bertz CT molecular complexity index is 1250. The number of aryl methyl sites for hydroxylation is 1. The molecule has 41 heavy (non-hydrogen) atoms. The number of nitrogens with one attached hydrogen (secondary N) is 3. The van der Waals surface area contributed by atoms with Crippen molar-refractivity contribution in [3.8, 4) is 0 Å². The number of carbonyl (C=O) groups excluding carboxylic acids is 2. The molecule has 0 unspecified atom stereocenters. The molecule has 0 aliphatic heterocycles. The van der Waals surface area contributed by atoms with Crippen LogP contribution in [0.25, 0.3) is 0 Å². The number of hydrogen-bond donors (Lipinski definition) is 5. The summed E-state index contributed by atoms with van der Waals surface area (Å²) in [5.74, 6) is -1.64. The van der Waals surface area contributed by atoms with Gasteiger partial charge in [-0.3, -0.25) is 9.59 Å². The highest BCUT2D eigenvalue weighted by Gasteiger charge is 2.27. The third-order valence-corrected chi connectivity index (χ3v) is 6.44. The van der Waals surface area contributed by atoms with Crippen LogP contribution >= 0.6 is 0 Å². The average Bonchev–Trinajstić information content (AvgIpc) is 2.97. The van der Waals surface area contributed by atoms with Gasteiger partial charge in [0.1, 0.15) is 11.1 Å². The molecule has 3 aromatic carbocycles. The third-order valence-electron chi connectivity index (χ3n) is 6.44. The SMILES string of the molecule is N/C(=N/[N+](=O)[O-])NCCC[C@@H](NC(=O)C(c1ccccc1)c1ccccc1)C(=O)NCc1ccc(CCCO)cc1. The Labute approximate surface area is 239 Å². The van der Waals surface area contributed by atoms with E-state index in [9.17, 15) is 19.7 Å². The Hall–Kier alpha value is -4.77. The lowest BCUT2D eigenvalue weighted by atomic mass is 9.90. The number of carbonyl (C=O) groups is 2. The summed E-state index contributed by atoms with van der Waals surface area (Å²) in [6.07, 6.45) is 2.09. The molecule has 0 aliphatic rings. The highest BCUT2D eigenvalue weighted by molar-refractivity contribution is 5.92. The van der Waals surface area contributed by atoms with E-state index in [-0.39, 0.29) is 43.9 Å². The fourth-order valence-electron chi connectivity index (χ4n) is 4.38. The number of nitro groups is 1. The van der Waals surface area contributed by atoms with E-state index >= 15 is 0 Å². The number of hydrogen-bond acceptors (Lipinski definition) is 5. The molecule has 0 spiro atoms. The molecule has 0 radical (unpaired) electrons. The van der Waals surface area contributed by atoms with Gasteiger partial charge in [-0.25, -0.2) is 10.1 Å². The van der Waals surface area contributed by atoms with Crippen molar-refractivity contribution in [2.75, 3.05) is 13.2 Å². The lowest BCUT2D eigenvalue weighted by molar-refractivity contribution is -0.485. The number of nitrogens with two attached hydrogens (primary N) is 1. The van der Waals surface area contributed by atoms with E-state index in [4.69, 9.17) is 10.8 Å². The zero-order valence-corrected chi connectivity index (χ0v) is 22.7. The second kappa shape index (κ2) is 16.4. The number of rotatable bonds is 15. The first-order valence-electron chi connectivity index (χ1n) is 13.5. The van der Waals surface area contributed by atoms with Crippen LogP contribution in [0.3, 0.4) is 0 Å². The molecule has 0 bridgehead atoms. The Morgan fingerprint density at radius 1 is 0.854 bits per heavy atom. The van der Waals surface area contributed by atoms with E-state index in [0.29, 0.717) is 12.8 Å². The van der Waals surface area contributed by atoms with E-state index in [1.807, 2.05) is 84.9 Å². The van der Waals surface area contributed by atoms with Gasteiger partial charge in [0.05, 0.1) is 5.92 Å². The molecule has 0 saturated carbocycles. The van der Waals surface area contributed by atoms with E-state index in [2.05, 4.69) is 21.1 Å². The molecule has 0 fully saturated rings. The normalized spacial score (nSPS) is 12.0. The zero-order chi connectivity index (χ0) is 29.5. The number of amides is 2. The standard InChI is InChI=1S/C30H36N6O5/c31-30(35-36(40)41)32-19-7-14-26(28(38)33-21-23-17-15-22(16-18-23)9-8-20-37)34-29(39)27(24-10-3-1-4-11-24)25-12-5-2-6-13-25/h1-6,10-13,15-18,26-27,37H,7-9,14,19-21H2,(H,33,38)(H,34,39)(H3,31,32,35)/t26-/m1/s1. The molecule has 3 rings (SSSR count). The first-order valence-corrected chi connectivity index (χ1v) is 13.5. The predicted octanol–water partition coefficient (Wildman–Crippen LogP) is 2.42. The van der Waals surface area contributed by atoms with Crippen LogP contribution in [0, 0.1) is 10.1 Å². The topological polar surface area (TPSA) is 172 Å². The van der Waals surface area contributed by atoms with Crippen molar-refractivity contribution < 1.29 is 19.7 Å². The van der Waals surface area contributed by atoms with Crippen molar-refractivity contribution in [2.24, 2.45) is 10.8 Å². The minimum Gasteiger partial charge on any atom is -0.396 e. The van der Waals surface area contributed by atoms with Crippen LogP contribution in [0.15, 0.2) is 90.0 Å². The van der Waals surface area contributed by atoms with Crippen LogP contribution in [0.5, 0.6) is 0 Å². The summed E-state index contributed by atoms with van der Waals surface area (Å²) in [6.45, 7) is 0.622. The second-order valence-corrected chi connectivity index (χ2v) is 9.47. The minimum atomic E-state index is -0.898. The average molecular weight is 561 g/mol. The Morgan fingerprint density at radius 2 is 1.44 bits per heavy atom. The van der Waals surface area contributed by atoms with E-state index < -0.39 is 17.0 Å². The third kappa shape index (κ3) is 10.4. The summed E-state index contributed by atoms with van der Waals surface area (Å²) < 4.78 is 0. The fraction of sp³-hybridized carbons (Fsp3) is 0.300. The minimum absolute atomic E-state index is 0.130. The van der Waals surface area contributed by atoms with Gasteiger partial charge in [0, 0.05) is 19.7 Å². The quantitative estimate of drug-likeness (QED) is 0.0624. The van der Waals surface area contributed by atoms with Gasteiger partial charge in [-0.15, -0.1) is 0 Å². The van der Waals surface area contributed by atoms with Gasteiger partial charge in [-0.1, -0.05) is 84.9 Å². The Kier molecular flexibility index (Phi) is 12.3. The van der Waals surface area contributed by atoms with Crippen molar-refractivity contribution in [1.82, 2.24) is 16.0 Å². The summed E-state index contributed by atoms with van der Waals surface area (Å²) in [7, 11) is 0. The van der Waals surface area contributed by atoms with Crippen LogP contribution in [-0.2, 0) is 22.6 Å². The molecular weight excluding hydrogens is 524 g/mol. The summed E-state index contributed by atoms with van der Waals surface area (Å²) in [4.78, 5) is 37.5. The van der Waals surface area contributed by atoms with E-state index in [1.54, 1.807) is 0 Å². The maximum atomic E-state index is 13.7. The lowest BCUT2D eigenvalue weighted by Crippen LogP contribution is -2.48. The summed E-state index contributed by atoms with van der Waals surface area (Å²) in [5, 5.41) is 30.1. The van der Waals surface area contributed by atoms with Crippen molar-refractivity contribution in [3.63, 3.8) is 0 Å². The van der Waals surface area contributed by atoms with Crippen LogP contribution < -0.4 is 21.7 Å². The summed E-state index contributed by atoms with van der Waals surface area (Å²) in [5.41, 5.74) is 9.07. The molecule has 0 aliphatic carbocycles. The summed E-state index contributed by atoms with van der Waals surface area (Å²) >= 11 is 0. The molecular formula is C30H36N6O5. The van der Waals surface area contributed by atoms with Gasteiger partial charge >= 0.3 is 0 Å². The van der Waals surface area contributed by atoms with Crippen LogP contribution in [0.1, 0.15) is 47.4 Å². The number of guanidine groups is 1. The van der Waals surface area contributed by atoms with Crippen LogP contribution in [0.2, 0.25) is 0 Å². The number of benzene rings is 3. The Balaban J connectivity index is 1.72. The number of hydrazone groups is 1. The lowest BCUT2D eigenvalue weighted by Gasteiger charge is -2.23. The molecule has 3 aromatic rings. The van der Waals surface area contributed by atoms with Crippen molar-refractivity contribution in [2.45, 2.75) is 44.2 Å².